The van der Waals surface area contributed by atoms with Crippen LogP contribution in [-0.2, 0) is 0 Å². The van der Waals surface area contributed by atoms with Crippen LogP contribution in [0.5, 0.6) is 0 Å². The van der Waals surface area contributed by atoms with Crippen molar-refractivity contribution in [2.75, 3.05) is 0 Å². The topological polar surface area (TPSA) is 25.8 Å². The molecule has 9 aromatic rings. The molecule has 1 aliphatic carbocycles. The van der Waals surface area contributed by atoms with Gasteiger partial charge in [0.05, 0.1) is 11.4 Å². The fourth-order valence-electron chi connectivity index (χ4n) is 7.75. The zero-order valence-corrected chi connectivity index (χ0v) is 27.2. The van der Waals surface area contributed by atoms with Gasteiger partial charge in [0.1, 0.15) is 0 Å². The first kappa shape index (κ1) is 28.4. The van der Waals surface area contributed by atoms with Crippen molar-refractivity contribution >= 4 is 21.5 Å². The Kier molecular flexibility index (Phi) is 6.53. The summed E-state index contributed by atoms with van der Waals surface area (Å²) in [5.74, 6) is 0.711. The Morgan fingerprint density at radius 1 is 0.260 bits per heavy atom. The Hall–Kier alpha value is -6.64. The van der Waals surface area contributed by atoms with E-state index in [1.165, 1.54) is 66.1 Å². The third-order valence-corrected chi connectivity index (χ3v) is 10.1. The zero-order valence-electron chi connectivity index (χ0n) is 27.2. The summed E-state index contributed by atoms with van der Waals surface area (Å²) in [5.41, 5.74) is 15.0. The molecular weight excluding hydrogens is 605 g/mol. The van der Waals surface area contributed by atoms with Gasteiger partial charge in [-0.1, -0.05) is 170 Å². The van der Waals surface area contributed by atoms with E-state index in [2.05, 4.69) is 164 Å². The monoisotopic (exact) mass is 634 g/mol. The number of benzene rings is 8. The quantitative estimate of drug-likeness (QED) is 0.188. The first-order valence-corrected chi connectivity index (χ1v) is 17.1. The van der Waals surface area contributed by atoms with E-state index in [0.717, 1.165) is 28.1 Å². The van der Waals surface area contributed by atoms with Crippen molar-refractivity contribution in [2.24, 2.45) is 0 Å². The molecule has 0 unspecified atom stereocenters. The molecule has 0 bridgehead atoms. The van der Waals surface area contributed by atoms with Crippen LogP contribution in [0.3, 0.4) is 0 Å². The predicted molar refractivity (Wildman–Crippen MR) is 209 cm³/mol. The standard InChI is InChI=1S/C48H30N2/c1-3-13-31(14-4-1)35-25-27-41(38-20-8-7-19-37(35)38)46-30-45(49-48(50-46)32-15-5-2-6-16-32)34-18-11-17-33(29-34)36-26-28-44-40-22-10-9-21-39(40)43-24-12-23-42(36)47(43)44/h1-30H. The van der Waals surface area contributed by atoms with E-state index < -0.39 is 0 Å². The Morgan fingerprint density at radius 3 is 1.50 bits per heavy atom. The maximum atomic E-state index is 5.21. The summed E-state index contributed by atoms with van der Waals surface area (Å²) in [5, 5.41) is 4.97. The second-order valence-electron chi connectivity index (χ2n) is 12.9. The second-order valence-corrected chi connectivity index (χ2v) is 12.9. The molecule has 2 heteroatoms. The third kappa shape index (κ3) is 4.57. The molecule has 0 N–H and O–H groups in total. The van der Waals surface area contributed by atoms with Crippen LogP contribution < -0.4 is 0 Å². The lowest BCUT2D eigenvalue weighted by molar-refractivity contribution is 1.18. The number of nitrogens with zero attached hydrogens (tertiary/aromatic N) is 2. The molecule has 0 saturated carbocycles. The lowest BCUT2D eigenvalue weighted by Crippen LogP contribution is -1.97. The van der Waals surface area contributed by atoms with Crippen LogP contribution in [0.15, 0.2) is 182 Å². The van der Waals surface area contributed by atoms with Gasteiger partial charge in [-0.05, 0) is 78.2 Å². The normalized spacial score (nSPS) is 11.6. The predicted octanol–water partition coefficient (Wildman–Crippen LogP) is 12.8. The SMILES string of the molecule is c1ccc(-c2nc(-c3cccc(-c4ccc5c6c(cccc46)-c4ccccc4-5)c3)cc(-c3ccc(-c4ccccc4)c4ccccc34)n2)cc1. The largest absolute Gasteiger partial charge is 0.228 e. The van der Waals surface area contributed by atoms with E-state index in [1.54, 1.807) is 0 Å². The number of hydrogen-bond acceptors (Lipinski definition) is 2. The zero-order chi connectivity index (χ0) is 33.0. The van der Waals surface area contributed by atoms with Crippen LogP contribution in [0.4, 0.5) is 0 Å². The van der Waals surface area contributed by atoms with E-state index in [9.17, 15) is 0 Å². The van der Waals surface area contributed by atoms with Gasteiger partial charge in [0.2, 0.25) is 0 Å². The van der Waals surface area contributed by atoms with Crippen LogP contribution in [0.1, 0.15) is 0 Å². The summed E-state index contributed by atoms with van der Waals surface area (Å²) in [6.45, 7) is 0. The molecule has 1 aromatic heterocycles. The minimum absolute atomic E-state index is 0.711. The van der Waals surface area contributed by atoms with Gasteiger partial charge in [0, 0.05) is 16.7 Å². The second kappa shape index (κ2) is 11.5. The van der Waals surface area contributed by atoms with E-state index >= 15 is 0 Å². The van der Waals surface area contributed by atoms with E-state index in [0.29, 0.717) is 5.82 Å². The van der Waals surface area contributed by atoms with Crippen molar-refractivity contribution in [1.82, 2.24) is 9.97 Å². The average molecular weight is 635 g/mol. The van der Waals surface area contributed by atoms with Gasteiger partial charge in [0.25, 0.3) is 0 Å². The molecule has 0 amide bonds. The summed E-state index contributed by atoms with van der Waals surface area (Å²) in [4.78, 5) is 10.4. The Labute approximate surface area is 291 Å². The summed E-state index contributed by atoms with van der Waals surface area (Å²) < 4.78 is 0. The molecular formula is C48H30N2. The third-order valence-electron chi connectivity index (χ3n) is 10.1. The van der Waals surface area contributed by atoms with Gasteiger partial charge in [-0.3, -0.25) is 0 Å². The van der Waals surface area contributed by atoms with Crippen LogP contribution in [-0.4, -0.2) is 9.97 Å². The molecule has 1 aliphatic rings. The molecule has 0 spiro atoms. The van der Waals surface area contributed by atoms with Gasteiger partial charge in [-0.25, -0.2) is 9.97 Å². The van der Waals surface area contributed by atoms with Crippen LogP contribution in [0.25, 0.3) is 100.0 Å². The summed E-state index contributed by atoms with van der Waals surface area (Å²) in [6.07, 6.45) is 0. The fourth-order valence-corrected chi connectivity index (χ4v) is 7.75. The van der Waals surface area contributed by atoms with E-state index in [-0.39, 0.29) is 0 Å². The number of hydrogen-bond donors (Lipinski definition) is 0. The smallest absolute Gasteiger partial charge is 0.160 e. The van der Waals surface area contributed by atoms with Crippen molar-refractivity contribution in [1.29, 1.82) is 0 Å². The molecule has 0 atom stereocenters. The summed E-state index contributed by atoms with van der Waals surface area (Å²) in [7, 11) is 0. The van der Waals surface area contributed by atoms with Crippen molar-refractivity contribution in [3.63, 3.8) is 0 Å². The maximum absolute atomic E-state index is 5.21. The molecule has 0 saturated heterocycles. The van der Waals surface area contributed by atoms with Crippen molar-refractivity contribution < 1.29 is 0 Å². The maximum Gasteiger partial charge on any atom is 0.160 e. The lowest BCUT2D eigenvalue weighted by Gasteiger charge is -2.14. The highest BCUT2D eigenvalue weighted by molar-refractivity contribution is 6.18. The van der Waals surface area contributed by atoms with Crippen molar-refractivity contribution in [3.05, 3.63) is 182 Å². The summed E-state index contributed by atoms with van der Waals surface area (Å²) in [6, 6.07) is 64.9. The Morgan fingerprint density at radius 2 is 0.740 bits per heavy atom. The lowest BCUT2D eigenvalue weighted by atomic mass is 9.92. The molecule has 10 rings (SSSR count). The van der Waals surface area contributed by atoms with E-state index in [1.807, 2.05) is 18.2 Å². The van der Waals surface area contributed by atoms with Gasteiger partial charge in [0.15, 0.2) is 5.82 Å². The molecule has 2 nitrogen and oxygen atoms in total. The Bertz CT molecular complexity index is 2720. The average Bonchev–Trinajstić information content (AvgIpc) is 3.53. The number of fused-ring (bicyclic) bond motifs is 4. The van der Waals surface area contributed by atoms with Gasteiger partial charge < -0.3 is 0 Å². The summed E-state index contributed by atoms with van der Waals surface area (Å²) >= 11 is 0. The highest BCUT2D eigenvalue weighted by atomic mass is 14.9. The highest BCUT2D eigenvalue weighted by Crippen LogP contribution is 2.49. The number of rotatable bonds is 5. The molecule has 0 fully saturated rings. The van der Waals surface area contributed by atoms with Crippen molar-refractivity contribution in [2.45, 2.75) is 0 Å². The van der Waals surface area contributed by atoms with Crippen LogP contribution in [0.2, 0.25) is 0 Å². The Balaban J connectivity index is 1.15. The highest BCUT2D eigenvalue weighted by Gasteiger charge is 2.22. The van der Waals surface area contributed by atoms with Crippen LogP contribution in [0, 0.1) is 0 Å². The molecule has 8 aromatic carbocycles. The van der Waals surface area contributed by atoms with Gasteiger partial charge in [-0.15, -0.1) is 0 Å². The molecule has 50 heavy (non-hydrogen) atoms. The first-order chi connectivity index (χ1) is 24.8. The number of aromatic nitrogens is 2. The van der Waals surface area contributed by atoms with Crippen LogP contribution >= 0.6 is 0 Å². The first-order valence-electron chi connectivity index (χ1n) is 17.1. The molecule has 232 valence electrons. The minimum Gasteiger partial charge on any atom is -0.228 e. The fraction of sp³-hybridized carbons (Fsp3) is 0. The minimum atomic E-state index is 0.711. The van der Waals surface area contributed by atoms with E-state index in [4.69, 9.17) is 9.97 Å². The molecule has 1 heterocycles. The molecule has 0 aliphatic heterocycles. The van der Waals surface area contributed by atoms with Crippen molar-refractivity contribution in [3.8, 4) is 78.4 Å². The van der Waals surface area contributed by atoms with Gasteiger partial charge in [-0.2, -0.15) is 0 Å². The van der Waals surface area contributed by atoms with Gasteiger partial charge >= 0.3 is 0 Å². The molecule has 0 radical (unpaired) electrons.